The molecule has 20 heavy (non-hydrogen) atoms. The Morgan fingerprint density at radius 2 is 2.10 bits per heavy atom. The molecule has 0 aromatic carbocycles. The first-order chi connectivity index (χ1) is 9.65. The minimum Gasteiger partial charge on any atom is -0.480 e. The van der Waals surface area contributed by atoms with Gasteiger partial charge in [0.2, 0.25) is 5.88 Å². The Bertz CT molecular complexity index is 570. The summed E-state index contributed by atoms with van der Waals surface area (Å²) in [4.78, 5) is 8.88. The Kier molecular flexibility index (Phi) is 4.57. The van der Waals surface area contributed by atoms with Gasteiger partial charge in [-0.15, -0.1) is 10.2 Å². The van der Waals surface area contributed by atoms with E-state index in [1.54, 1.807) is 19.2 Å². The first kappa shape index (κ1) is 14.3. The fourth-order valence-corrected chi connectivity index (χ4v) is 1.99. The largest absolute Gasteiger partial charge is 0.480 e. The van der Waals surface area contributed by atoms with Crippen molar-refractivity contribution < 1.29 is 4.74 Å². The van der Waals surface area contributed by atoms with Gasteiger partial charge in [-0.05, 0) is 26.5 Å². The van der Waals surface area contributed by atoms with Crippen molar-refractivity contribution in [2.45, 2.75) is 26.8 Å². The molecule has 0 fully saturated rings. The molecule has 0 saturated carbocycles. The van der Waals surface area contributed by atoms with E-state index in [9.17, 15) is 0 Å². The summed E-state index contributed by atoms with van der Waals surface area (Å²) in [5, 5.41) is 11.3. The third-order valence-electron chi connectivity index (χ3n) is 3.07. The van der Waals surface area contributed by atoms with Crippen molar-refractivity contribution in [3.05, 3.63) is 29.6 Å². The molecule has 0 amide bonds. The van der Waals surface area contributed by atoms with Gasteiger partial charge in [0.25, 0.3) is 0 Å². The molecule has 0 aliphatic carbocycles. The maximum Gasteiger partial charge on any atom is 0.233 e. The Labute approximate surface area is 118 Å². The van der Waals surface area contributed by atoms with Crippen LogP contribution in [0.5, 0.6) is 5.88 Å². The molecule has 2 heterocycles. The summed E-state index contributed by atoms with van der Waals surface area (Å²) in [6.07, 6.45) is 1.84. The van der Waals surface area contributed by atoms with Crippen LogP contribution in [0.15, 0.2) is 18.3 Å². The minimum atomic E-state index is 0.232. The zero-order valence-corrected chi connectivity index (χ0v) is 12.2. The van der Waals surface area contributed by atoms with E-state index in [-0.39, 0.29) is 6.04 Å². The number of hydrogen-bond donors (Lipinski definition) is 1. The van der Waals surface area contributed by atoms with Crippen LogP contribution in [0, 0.1) is 6.92 Å². The summed E-state index contributed by atoms with van der Waals surface area (Å²) in [5.41, 5.74) is 2.68. The zero-order valence-electron chi connectivity index (χ0n) is 12.2. The molecule has 0 saturated heterocycles. The quantitative estimate of drug-likeness (QED) is 0.897. The Morgan fingerprint density at radius 1 is 1.30 bits per heavy atom. The highest BCUT2D eigenvalue weighted by atomic mass is 16.5. The number of aryl methyl sites for hydroxylation is 1. The summed E-state index contributed by atoms with van der Waals surface area (Å²) >= 11 is 0. The van der Waals surface area contributed by atoms with Gasteiger partial charge in [0.1, 0.15) is 5.69 Å². The molecule has 0 radical (unpaired) electrons. The van der Waals surface area contributed by atoms with Crippen LogP contribution in [-0.4, -0.2) is 33.8 Å². The maximum absolute atomic E-state index is 4.98. The predicted octanol–water partition coefficient (Wildman–Crippen LogP) is 1.92. The number of rotatable bonds is 5. The smallest absolute Gasteiger partial charge is 0.233 e. The molecule has 2 aromatic rings. The van der Waals surface area contributed by atoms with E-state index in [0.29, 0.717) is 17.4 Å². The van der Waals surface area contributed by atoms with Crippen molar-refractivity contribution in [1.82, 2.24) is 25.5 Å². The van der Waals surface area contributed by atoms with Crippen LogP contribution in [0.3, 0.4) is 0 Å². The van der Waals surface area contributed by atoms with Crippen molar-refractivity contribution in [2.24, 2.45) is 0 Å². The van der Waals surface area contributed by atoms with Crippen LogP contribution in [-0.2, 0) is 0 Å². The molecule has 6 heteroatoms. The molecule has 2 rings (SSSR count). The molecule has 6 nitrogen and oxygen atoms in total. The van der Waals surface area contributed by atoms with Crippen LogP contribution in [0.2, 0.25) is 0 Å². The van der Waals surface area contributed by atoms with E-state index >= 15 is 0 Å². The number of nitrogens with zero attached hydrogens (tertiary/aromatic N) is 4. The van der Waals surface area contributed by atoms with Crippen molar-refractivity contribution in [2.75, 3.05) is 13.7 Å². The minimum absolute atomic E-state index is 0.232. The van der Waals surface area contributed by atoms with E-state index in [2.05, 4.69) is 39.3 Å². The lowest BCUT2D eigenvalue weighted by atomic mass is 10.1. The van der Waals surface area contributed by atoms with Gasteiger partial charge in [0.05, 0.1) is 7.11 Å². The van der Waals surface area contributed by atoms with Gasteiger partial charge < -0.3 is 10.1 Å². The van der Waals surface area contributed by atoms with Gasteiger partial charge in [-0.2, -0.15) is 0 Å². The zero-order chi connectivity index (χ0) is 14.5. The van der Waals surface area contributed by atoms with Gasteiger partial charge in [-0.3, -0.25) is 0 Å². The average Bonchev–Trinajstić information content (AvgIpc) is 2.47. The SMILES string of the molecule is CCNC(C)c1cnc(-c2ccc(OC)nn2)nc1C. The Morgan fingerprint density at radius 3 is 2.65 bits per heavy atom. The maximum atomic E-state index is 4.98. The van der Waals surface area contributed by atoms with Crippen molar-refractivity contribution in [3.8, 4) is 17.4 Å². The second-order valence-electron chi connectivity index (χ2n) is 4.47. The first-order valence-electron chi connectivity index (χ1n) is 6.60. The van der Waals surface area contributed by atoms with Gasteiger partial charge in [-0.25, -0.2) is 9.97 Å². The predicted molar refractivity (Wildman–Crippen MR) is 76.4 cm³/mol. The lowest BCUT2D eigenvalue weighted by Gasteiger charge is -2.14. The molecule has 106 valence electrons. The Balaban J connectivity index is 2.27. The molecule has 0 bridgehead atoms. The molecule has 0 aliphatic rings. The second kappa shape index (κ2) is 6.38. The Hall–Kier alpha value is -2.08. The van der Waals surface area contributed by atoms with Crippen molar-refractivity contribution in [3.63, 3.8) is 0 Å². The molecule has 1 atom stereocenters. The van der Waals surface area contributed by atoms with E-state index < -0.39 is 0 Å². The highest BCUT2D eigenvalue weighted by Crippen LogP contribution is 2.19. The van der Waals surface area contributed by atoms with Crippen LogP contribution in [0.25, 0.3) is 11.5 Å². The molecule has 1 unspecified atom stereocenters. The molecule has 0 aliphatic heterocycles. The normalized spacial score (nSPS) is 12.2. The third kappa shape index (κ3) is 3.08. The average molecular weight is 273 g/mol. The molecular weight excluding hydrogens is 254 g/mol. The van der Waals surface area contributed by atoms with Gasteiger partial charge in [-0.1, -0.05) is 6.92 Å². The van der Waals surface area contributed by atoms with Crippen molar-refractivity contribution >= 4 is 0 Å². The molecule has 0 spiro atoms. The van der Waals surface area contributed by atoms with E-state index in [1.807, 2.05) is 13.1 Å². The summed E-state index contributed by atoms with van der Waals surface area (Å²) in [5.74, 6) is 1.05. The van der Waals surface area contributed by atoms with Gasteiger partial charge in [0.15, 0.2) is 5.82 Å². The lowest BCUT2D eigenvalue weighted by Crippen LogP contribution is -2.19. The highest BCUT2D eigenvalue weighted by Gasteiger charge is 2.11. The number of ether oxygens (including phenoxy) is 1. The lowest BCUT2D eigenvalue weighted by molar-refractivity contribution is 0.392. The van der Waals surface area contributed by atoms with Crippen molar-refractivity contribution in [1.29, 1.82) is 0 Å². The van der Waals surface area contributed by atoms with E-state index in [4.69, 9.17) is 4.74 Å². The van der Waals surface area contributed by atoms with Crippen LogP contribution < -0.4 is 10.1 Å². The highest BCUT2D eigenvalue weighted by molar-refractivity contribution is 5.49. The summed E-state index contributed by atoms with van der Waals surface area (Å²) in [6, 6.07) is 3.78. The summed E-state index contributed by atoms with van der Waals surface area (Å²) in [6.45, 7) is 7.06. The monoisotopic (exact) mass is 273 g/mol. The standard InChI is InChI=1S/C14H19N5O/c1-5-15-9(2)11-8-16-14(17-10(11)3)12-6-7-13(20-4)19-18-12/h6-9,15H,5H2,1-4H3. The van der Waals surface area contributed by atoms with Gasteiger partial charge in [0, 0.05) is 29.6 Å². The number of hydrogen-bond acceptors (Lipinski definition) is 6. The van der Waals surface area contributed by atoms with E-state index in [1.165, 1.54) is 0 Å². The third-order valence-corrected chi connectivity index (χ3v) is 3.07. The van der Waals surface area contributed by atoms with Crippen LogP contribution in [0.4, 0.5) is 0 Å². The fraction of sp³-hybridized carbons (Fsp3) is 0.429. The summed E-state index contributed by atoms with van der Waals surface area (Å²) in [7, 11) is 1.56. The van der Waals surface area contributed by atoms with E-state index in [0.717, 1.165) is 17.8 Å². The molecule has 1 N–H and O–H groups in total. The number of methoxy groups -OCH3 is 1. The second-order valence-corrected chi connectivity index (χ2v) is 4.47. The fourth-order valence-electron chi connectivity index (χ4n) is 1.99. The first-order valence-corrected chi connectivity index (χ1v) is 6.60. The number of nitrogens with one attached hydrogen (secondary N) is 1. The van der Waals surface area contributed by atoms with Gasteiger partial charge >= 0.3 is 0 Å². The molecule has 2 aromatic heterocycles. The number of aromatic nitrogens is 4. The van der Waals surface area contributed by atoms with Crippen LogP contribution >= 0.6 is 0 Å². The molecular formula is C14H19N5O. The van der Waals surface area contributed by atoms with Crippen LogP contribution in [0.1, 0.15) is 31.1 Å². The topological polar surface area (TPSA) is 72.8 Å². The summed E-state index contributed by atoms with van der Waals surface area (Å²) < 4.78 is 4.98.